The largest absolute Gasteiger partial charge is 0.491 e. The lowest BCUT2D eigenvalue weighted by molar-refractivity contribution is 0.192. The van der Waals surface area contributed by atoms with Crippen molar-refractivity contribution in [3.8, 4) is 16.9 Å². The SMILES string of the molecule is CCOc1ccc(-c2ccc(C3CCC(CCC4CCC(c5ccc(C(C)O)c(F)c5F)CC4)CC3)c(F)c2F)c(F)c1F. The van der Waals surface area contributed by atoms with E-state index in [9.17, 15) is 22.7 Å². The molecule has 3 aromatic carbocycles. The molecule has 5 rings (SSSR count). The first-order valence-electron chi connectivity index (χ1n) is 15.8. The highest BCUT2D eigenvalue weighted by atomic mass is 19.2. The molecule has 0 aromatic heterocycles. The molecule has 0 amide bonds. The van der Waals surface area contributed by atoms with E-state index in [2.05, 4.69) is 0 Å². The van der Waals surface area contributed by atoms with Crippen molar-refractivity contribution in [2.24, 2.45) is 11.8 Å². The maximum atomic E-state index is 15.2. The average molecular weight is 619 g/mol. The zero-order valence-electron chi connectivity index (χ0n) is 25.3. The summed E-state index contributed by atoms with van der Waals surface area (Å²) in [5.41, 5.74) is -0.00962. The Kier molecular flexibility index (Phi) is 10.3. The lowest BCUT2D eigenvalue weighted by Crippen LogP contribution is -2.18. The zero-order valence-corrected chi connectivity index (χ0v) is 25.3. The van der Waals surface area contributed by atoms with Crippen LogP contribution in [0.2, 0.25) is 0 Å². The minimum absolute atomic E-state index is 0.0180. The number of aliphatic hydroxyl groups is 1. The van der Waals surface area contributed by atoms with E-state index in [1.165, 1.54) is 37.3 Å². The highest BCUT2D eigenvalue weighted by molar-refractivity contribution is 5.66. The summed E-state index contributed by atoms with van der Waals surface area (Å²) in [5.74, 6) is -5.89. The summed E-state index contributed by atoms with van der Waals surface area (Å²) in [7, 11) is 0. The Balaban J connectivity index is 1.13. The summed E-state index contributed by atoms with van der Waals surface area (Å²) >= 11 is 0. The molecule has 2 fully saturated rings. The number of ether oxygens (including phenoxy) is 1. The van der Waals surface area contributed by atoms with Gasteiger partial charge >= 0.3 is 0 Å². The van der Waals surface area contributed by atoms with Crippen LogP contribution in [0.5, 0.6) is 5.75 Å². The van der Waals surface area contributed by atoms with Gasteiger partial charge in [0.05, 0.1) is 12.7 Å². The van der Waals surface area contributed by atoms with Crippen molar-refractivity contribution in [1.29, 1.82) is 0 Å². The molecule has 0 bridgehead atoms. The Bertz CT molecular complexity index is 1460. The van der Waals surface area contributed by atoms with Crippen LogP contribution in [-0.4, -0.2) is 11.7 Å². The summed E-state index contributed by atoms with van der Waals surface area (Å²) in [5, 5.41) is 9.65. The maximum Gasteiger partial charge on any atom is 0.201 e. The van der Waals surface area contributed by atoms with Crippen LogP contribution in [0, 0.1) is 46.7 Å². The molecule has 238 valence electrons. The van der Waals surface area contributed by atoms with Gasteiger partial charge in [0, 0.05) is 16.7 Å². The van der Waals surface area contributed by atoms with Gasteiger partial charge in [-0.25, -0.2) is 22.0 Å². The third-order valence-corrected chi connectivity index (χ3v) is 9.90. The Hall–Kier alpha value is -3.00. The Morgan fingerprint density at radius 2 is 1.07 bits per heavy atom. The zero-order chi connectivity index (χ0) is 31.5. The monoisotopic (exact) mass is 618 g/mol. The van der Waals surface area contributed by atoms with Gasteiger partial charge in [-0.05, 0) is 112 Å². The normalized spacial score (nSPS) is 23.0. The standard InChI is InChI=1S/C36H40F6O2/c1-3-44-30-19-18-29(35(41)36(30)42)28-17-16-27(33(39)34(28)40)24-12-8-22(9-13-24)5-4-21-6-10-23(11-7-21)26-15-14-25(20(2)43)31(37)32(26)38/h14-24,43H,3-13H2,1-2H3. The summed E-state index contributed by atoms with van der Waals surface area (Å²) in [6, 6.07) is 8.34. The Morgan fingerprint density at radius 1 is 0.614 bits per heavy atom. The quantitative estimate of drug-likeness (QED) is 0.242. The Morgan fingerprint density at radius 3 is 1.57 bits per heavy atom. The van der Waals surface area contributed by atoms with Crippen LogP contribution in [0.4, 0.5) is 26.3 Å². The van der Waals surface area contributed by atoms with Crippen molar-refractivity contribution < 1.29 is 36.2 Å². The van der Waals surface area contributed by atoms with Gasteiger partial charge in [0.1, 0.15) is 0 Å². The fourth-order valence-electron chi connectivity index (χ4n) is 7.31. The lowest BCUT2D eigenvalue weighted by atomic mass is 9.73. The fraction of sp³-hybridized carbons (Fsp3) is 0.500. The van der Waals surface area contributed by atoms with E-state index in [4.69, 9.17) is 4.74 Å². The molecule has 3 aromatic rings. The molecule has 2 nitrogen and oxygen atoms in total. The van der Waals surface area contributed by atoms with E-state index >= 15 is 8.78 Å². The predicted molar refractivity (Wildman–Crippen MR) is 159 cm³/mol. The maximum absolute atomic E-state index is 15.2. The lowest BCUT2D eigenvalue weighted by Gasteiger charge is -2.32. The van der Waals surface area contributed by atoms with Gasteiger partial charge in [0.2, 0.25) is 5.82 Å². The number of hydrogen-bond acceptors (Lipinski definition) is 2. The summed E-state index contributed by atoms with van der Waals surface area (Å²) in [6.07, 6.45) is 7.82. The summed E-state index contributed by atoms with van der Waals surface area (Å²) in [4.78, 5) is 0. The third-order valence-electron chi connectivity index (χ3n) is 9.90. The molecule has 0 saturated heterocycles. The van der Waals surface area contributed by atoms with E-state index in [1.807, 2.05) is 0 Å². The van der Waals surface area contributed by atoms with Gasteiger partial charge < -0.3 is 9.84 Å². The molecule has 2 aliphatic carbocycles. The topological polar surface area (TPSA) is 29.5 Å². The first kappa shape index (κ1) is 32.4. The number of benzene rings is 3. The molecule has 0 aliphatic heterocycles. The minimum Gasteiger partial charge on any atom is -0.491 e. The van der Waals surface area contributed by atoms with Crippen LogP contribution in [0.1, 0.15) is 113 Å². The van der Waals surface area contributed by atoms with Crippen molar-refractivity contribution >= 4 is 0 Å². The molecule has 1 atom stereocenters. The van der Waals surface area contributed by atoms with E-state index < -0.39 is 41.0 Å². The van der Waals surface area contributed by atoms with Gasteiger partial charge in [-0.15, -0.1) is 0 Å². The highest BCUT2D eigenvalue weighted by Crippen LogP contribution is 2.44. The summed E-state index contributed by atoms with van der Waals surface area (Å²) in [6.45, 7) is 3.20. The van der Waals surface area contributed by atoms with Crippen LogP contribution in [-0.2, 0) is 0 Å². The van der Waals surface area contributed by atoms with Gasteiger partial charge in [-0.2, -0.15) is 4.39 Å². The summed E-state index contributed by atoms with van der Waals surface area (Å²) < 4.78 is 93.6. The van der Waals surface area contributed by atoms with E-state index in [0.717, 1.165) is 64.2 Å². The second-order valence-electron chi connectivity index (χ2n) is 12.6. The van der Waals surface area contributed by atoms with Crippen molar-refractivity contribution in [2.45, 2.75) is 96.0 Å². The van der Waals surface area contributed by atoms with Crippen molar-refractivity contribution in [2.75, 3.05) is 6.61 Å². The van der Waals surface area contributed by atoms with Crippen molar-refractivity contribution in [3.05, 3.63) is 88.0 Å². The molecule has 44 heavy (non-hydrogen) atoms. The first-order chi connectivity index (χ1) is 21.1. The second-order valence-corrected chi connectivity index (χ2v) is 12.6. The number of hydrogen-bond donors (Lipinski definition) is 1. The minimum atomic E-state index is -1.27. The predicted octanol–water partition coefficient (Wildman–Crippen LogP) is 10.7. The molecular weight excluding hydrogens is 578 g/mol. The molecule has 8 heteroatoms. The molecule has 0 heterocycles. The van der Waals surface area contributed by atoms with E-state index in [0.29, 0.717) is 17.4 Å². The smallest absolute Gasteiger partial charge is 0.201 e. The third kappa shape index (κ3) is 6.65. The van der Waals surface area contributed by atoms with Crippen LogP contribution < -0.4 is 4.74 Å². The molecule has 2 saturated carbocycles. The number of rotatable bonds is 9. The Labute approximate surface area is 255 Å². The highest BCUT2D eigenvalue weighted by Gasteiger charge is 2.30. The molecule has 1 N–H and O–H groups in total. The number of aliphatic hydroxyl groups excluding tert-OH is 1. The molecule has 2 aliphatic rings. The molecule has 0 radical (unpaired) electrons. The van der Waals surface area contributed by atoms with E-state index in [-0.39, 0.29) is 46.4 Å². The van der Waals surface area contributed by atoms with Crippen molar-refractivity contribution in [3.63, 3.8) is 0 Å². The molecule has 1 unspecified atom stereocenters. The van der Waals surface area contributed by atoms with Crippen molar-refractivity contribution in [1.82, 2.24) is 0 Å². The van der Waals surface area contributed by atoms with Crippen LogP contribution in [0.3, 0.4) is 0 Å². The molecule has 0 spiro atoms. The van der Waals surface area contributed by atoms with Gasteiger partial charge in [-0.3, -0.25) is 0 Å². The van der Waals surface area contributed by atoms with Gasteiger partial charge in [0.15, 0.2) is 34.8 Å². The fourth-order valence-corrected chi connectivity index (χ4v) is 7.31. The van der Waals surface area contributed by atoms with E-state index in [1.54, 1.807) is 13.0 Å². The first-order valence-corrected chi connectivity index (χ1v) is 15.8. The second kappa shape index (κ2) is 14.0. The number of halogens is 6. The van der Waals surface area contributed by atoms with Crippen LogP contribution >= 0.6 is 0 Å². The van der Waals surface area contributed by atoms with Crippen LogP contribution in [0.25, 0.3) is 11.1 Å². The molecular formula is C36H40F6O2. The van der Waals surface area contributed by atoms with Gasteiger partial charge in [-0.1, -0.05) is 37.1 Å². The van der Waals surface area contributed by atoms with Crippen LogP contribution in [0.15, 0.2) is 36.4 Å². The van der Waals surface area contributed by atoms with Gasteiger partial charge in [0.25, 0.3) is 0 Å². The average Bonchev–Trinajstić information content (AvgIpc) is 3.02.